The van der Waals surface area contributed by atoms with E-state index in [-0.39, 0.29) is 6.61 Å². The summed E-state index contributed by atoms with van der Waals surface area (Å²) in [6.45, 7) is 0.198. The highest BCUT2D eigenvalue weighted by Gasteiger charge is 2.12. The Balaban J connectivity index is 1.71. The van der Waals surface area contributed by atoms with E-state index in [0.717, 1.165) is 5.56 Å². The second kappa shape index (κ2) is 5.35. The molecule has 20 heavy (non-hydrogen) atoms. The Morgan fingerprint density at radius 2 is 2.00 bits per heavy atom. The Bertz CT molecular complexity index is 717. The number of benzene rings is 1. The smallest absolute Gasteiger partial charge is 0.358 e. The van der Waals surface area contributed by atoms with Gasteiger partial charge in [-0.05, 0) is 29.8 Å². The first-order chi connectivity index (χ1) is 9.72. The van der Waals surface area contributed by atoms with Crippen molar-refractivity contribution < 1.29 is 9.53 Å². The summed E-state index contributed by atoms with van der Waals surface area (Å²) in [4.78, 5) is 16.1. The van der Waals surface area contributed by atoms with Gasteiger partial charge in [-0.25, -0.2) is 9.78 Å². The lowest BCUT2D eigenvalue weighted by molar-refractivity contribution is 0.0466. The van der Waals surface area contributed by atoms with Crippen molar-refractivity contribution in [2.45, 2.75) is 6.61 Å². The van der Waals surface area contributed by atoms with Crippen molar-refractivity contribution in [3.05, 3.63) is 71.1 Å². The van der Waals surface area contributed by atoms with Gasteiger partial charge in [-0.2, -0.15) is 0 Å². The summed E-state index contributed by atoms with van der Waals surface area (Å²) in [7, 11) is 0. The van der Waals surface area contributed by atoms with E-state index in [1.165, 1.54) is 0 Å². The van der Waals surface area contributed by atoms with Crippen molar-refractivity contribution in [2.75, 3.05) is 0 Å². The molecule has 100 valence electrons. The zero-order chi connectivity index (χ0) is 13.9. The van der Waals surface area contributed by atoms with Gasteiger partial charge in [0.2, 0.25) is 0 Å². The molecule has 0 aliphatic heterocycles. The average molecular weight is 287 g/mol. The van der Waals surface area contributed by atoms with Crippen LogP contribution in [0.15, 0.2) is 54.9 Å². The number of ether oxygens (including phenoxy) is 1. The Kier molecular flexibility index (Phi) is 3.39. The molecule has 0 aliphatic rings. The zero-order valence-corrected chi connectivity index (χ0v) is 11.2. The Morgan fingerprint density at radius 1 is 1.20 bits per heavy atom. The standard InChI is InChI=1S/C15H11ClN2O2/c16-12-6-4-11(5-7-12)10-20-15(19)13-9-18-8-2-1-3-14(18)17-13/h1-9H,10H2. The number of halogens is 1. The molecule has 2 aromatic heterocycles. The van der Waals surface area contributed by atoms with Crippen molar-refractivity contribution in [2.24, 2.45) is 0 Å². The van der Waals surface area contributed by atoms with Gasteiger partial charge in [-0.15, -0.1) is 0 Å². The van der Waals surface area contributed by atoms with Crippen LogP contribution in [0, 0.1) is 0 Å². The highest BCUT2D eigenvalue weighted by Crippen LogP contribution is 2.11. The molecule has 3 aromatic rings. The molecule has 0 fully saturated rings. The first kappa shape index (κ1) is 12.7. The van der Waals surface area contributed by atoms with Gasteiger partial charge in [-0.1, -0.05) is 29.8 Å². The van der Waals surface area contributed by atoms with E-state index in [0.29, 0.717) is 16.4 Å². The maximum Gasteiger partial charge on any atom is 0.358 e. The maximum atomic E-state index is 11.9. The number of carbonyl (C=O) groups excluding carboxylic acids is 1. The van der Waals surface area contributed by atoms with Crippen LogP contribution >= 0.6 is 11.6 Å². The molecule has 0 atom stereocenters. The molecular weight excluding hydrogens is 276 g/mol. The minimum Gasteiger partial charge on any atom is -0.456 e. The molecule has 5 heteroatoms. The van der Waals surface area contributed by atoms with Crippen LogP contribution in [0.3, 0.4) is 0 Å². The predicted molar refractivity (Wildman–Crippen MR) is 75.8 cm³/mol. The van der Waals surface area contributed by atoms with E-state index in [9.17, 15) is 4.79 Å². The first-order valence-electron chi connectivity index (χ1n) is 6.08. The van der Waals surface area contributed by atoms with E-state index >= 15 is 0 Å². The van der Waals surface area contributed by atoms with Gasteiger partial charge in [0.15, 0.2) is 5.69 Å². The number of aromatic nitrogens is 2. The van der Waals surface area contributed by atoms with E-state index < -0.39 is 5.97 Å². The quantitative estimate of drug-likeness (QED) is 0.694. The van der Waals surface area contributed by atoms with Gasteiger partial charge in [0.05, 0.1) is 0 Å². The number of carbonyl (C=O) groups is 1. The second-order valence-corrected chi connectivity index (χ2v) is 4.73. The summed E-state index contributed by atoms with van der Waals surface area (Å²) in [6, 6.07) is 12.7. The third kappa shape index (κ3) is 2.65. The fourth-order valence-electron chi connectivity index (χ4n) is 1.84. The lowest BCUT2D eigenvalue weighted by Crippen LogP contribution is -2.05. The number of hydrogen-bond acceptors (Lipinski definition) is 3. The summed E-state index contributed by atoms with van der Waals surface area (Å²) < 4.78 is 7.00. The maximum absolute atomic E-state index is 11.9. The number of nitrogens with zero attached hydrogens (tertiary/aromatic N) is 2. The molecule has 0 amide bonds. The third-order valence-electron chi connectivity index (χ3n) is 2.86. The Labute approximate surface area is 120 Å². The monoisotopic (exact) mass is 286 g/mol. The average Bonchev–Trinajstić information content (AvgIpc) is 2.90. The molecule has 3 rings (SSSR count). The van der Waals surface area contributed by atoms with Crippen LogP contribution in [0.1, 0.15) is 16.1 Å². The van der Waals surface area contributed by atoms with E-state index in [4.69, 9.17) is 16.3 Å². The van der Waals surface area contributed by atoms with Crippen molar-refractivity contribution in [1.82, 2.24) is 9.38 Å². The SMILES string of the molecule is O=C(OCc1ccc(Cl)cc1)c1cn2ccccc2n1. The largest absolute Gasteiger partial charge is 0.456 e. The molecule has 0 saturated carbocycles. The number of rotatable bonds is 3. The van der Waals surface area contributed by atoms with Gasteiger partial charge >= 0.3 is 5.97 Å². The lowest BCUT2D eigenvalue weighted by atomic mass is 10.2. The molecule has 0 radical (unpaired) electrons. The first-order valence-corrected chi connectivity index (χ1v) is 6.45. The molecule has 0 unspecified atom stereocenters. The van der Waals surface area contributed by atoms with Crippen molar-refractivity contribution in [3.63, 3.8) is 0 Å². The number of imidazole rings is 1. The number of fused-ring (bicyclic) bond motifs is 1. The van der Waals surface area contributed by atoms with Gasteiger partial charge < -0.3 is 9.14 Å². The van der Waals surface area contributed by atoms with Crippen LogP contribution in [-0.4, -0.2) is 15.4 Å². The summed E-state index contributed by atoms with van der Waals surface area (Å²) in [5, 5.41) is 0.653. The van der Waals surface area contributed by atoms with Crippen LogP contribution in [-0.2, 0) is 11.3 Å². The summed E-state index contributed by atoms with van der Waals surface area (Å²) >= 11 is 5.79. The van der Waals surface area contributed by atoms with Crippen LogP contribution in [0.2, 0.25) is 5.02 Å². The van der Waals surface area contributed by atoms with Gasteiger partial charge in [-0.3, -0.25) is 0 Å². The number of esters is 1. The van der Waals surface area contributed by atoms with E-state index in [1.54, 1.807) is 22.7 Å². The topological polar surface area (TPSA) is 43.6 Å². The van der Waals surface area contributed by atoms with E-state index in [2.05, 4.69) is 4.98 Å². The van der Waals surface area contributed by atoms with Crippen LogP contribution in [0.25, 0.3) is 5.65 Å². The van der Waals surface area contributed by atoms with Crippen molar-refractivity contribution in [3.8, 4) is 0 Å². The van der Waals surface area contributed by atoms with Gasteiger partial charge in [0.1, 0.15) is 12.3 Å². The van der Waals surface area contributed by atoms with E-state index in [1.807, 2.05) is 36.5 Å². The zero-order valence-electron chi connectivity index (χ0n) is 10.5. The van der Waals surface area contributed by atoms with Crippen molar-refractivity contribution >= 4 is 23.2 Å². The lowest BCUT2D eigenvalue weighted by Gasteiger charge is -2.02. The van der Waals surface area contributed by atoms with Gasteiger partial charge in [0, 0.05) is 17.4 Å². The molecule has 0 N–H and O–H groups in total. The molecular formula is C15H11ClN2O2. The van der Waals surface area contributed by atoms with Crippen LogP contribution < -0.4 is 0 Å². The highest BCUT2D eigenvalue weighted by atomic mass is 35.5. The highest BCUT2D eigenvalue weighted by molar-refractivity contribution is 6.30. The Morgan fingerprint density at radius 3 is 2.75 bits per heavy atom. The van der Waals surface area contributed by atoms with Crippen LogP contribution in [0.5, 0.6) is 0 Å². The molecule has 2 heterocycles. The normalized spacial score (nSPS) is 10.7. The fraction of sp³-hybridized carbons (Fsp3) is 0.0667. The van der Waals surface area contributed by atoms with Crippen LogP contribution in [0.4, 0.5) is 0 Å². The van der Waals surface area contributed by atoms with Gasteiger partial charge in [0.25, 0.3) is 0 Å². The summed E-state index contributed by atoms with van der Waals surface area (Å²) in [5.41, 5.74) is 1.89. The second-order valence-electron chi connectivity index (χ2n) is 4.29. The number of hydrogen-bond donors (Lipinski definition) is 0. The predicted octanol–water partition coefficient (Wildman–Crippen LogP) is 3.34. The minimum absolute atomic E-state index is 0.198. The minimum atomic E-state index is -0.441. The summed E-state index contributed by atoms with van der Waals surface area (Å²) in [5.74, 6) is -0.441. The fourth-order valence-corrected chi connectivity index (χ4v) is 1.96. The molecule has 0 spiro atoms. The molecule has 0 aliphatic carbocycles. The van der Waals surface area contributed by atoms with Crippen molar-refractivity contribution in [1.29, 1.82) is 0 Å². The molecule has 4 nitrogen and oxygen atoms in total. The molecule has 0 bridgehead atoms. The summed E-state index contributed by atoms with van der Waals surface area (Å²) in [6.07, 6.45) is 3.48. The Hall–Kier alpha value is -2.33. The third-order valence-corrected chi connectivity index (χ3v) is 3.11. The molecule has 0 saturated heterocycles. The molecule has 1 aromatic carbocycles. The number of pyridine rings is 1.